The molecule has 0 saturated heterocycles. The van der Waals surface area contributed by atoms with Gasteiger partial charge < -0.3 is 9.84 Å². The number of nitrogens with one attached hydrogen (secondary N) is 2. The van der Waals surface area contributed by atoms with Crippen LogP contribution in [0.5, 0.6) is 5.75 Å². The van der Waals surface area contributed by atoms with Crippen LogP contribution in [-0.2, 0) is 32.9 Å². The molecular weight excluding hydrogens is 512 g/mol. The maximum absolute atomic E-state index is 13.2. The van der Waals surface area contributed by atoms with Crippen LogP contribution in [0.2, 0.25) is 0 Å². The fourth-order valence-electron chi connectivity index (χ4n) is 4.27. The minimum absolute atomic E-state index is 0.0497. The normalized spacial score (nSPS) is 19.1. The Morgan fingerprint density at radius 3 is 2.16 bits per heavy atom. The zero-order valence-electron chi connectivity index (χ0n) is 21.0. The number of ether oxygens (including phenoxy) is 1. The van der Waals surface area contributed by atoms with Crippen molar-refractivity contribution in [2.24, 2.45) is 0 Å². The van der Waals surface area contributed by atoms with E-state index in [0.717, 1.165) is 17.5 Å². The van der Waals surface area contributed by atoms with Gasteiger partial charge in [0.2, 0.25) is 20.0 Å². The Hall–Kier alpha value is -2.76. The van der Waals surface area contributed by atoms with Crippen molar-refractivity contribution in [3.8, 4) is 5.75 Å². The van der Waals surface area contributed by atoms with Crippen LogP contribution in [0.25, 0.3) is 0 Å². The molecule has 3 aromatic carbocycles. The molecule has 1 aliphatic heterocycles. The van der Waals surface area contributed by atoms with Gasteiger partial charge in [0.25, 0.3) is 0 Å². The van der Waals surface area contributed by atoms with Gasteiger partial charge in [-0.2, -0.15) is 0 Å². The molecule has 2 unspecified atom stereocenters. The van der Waals surface area contributed by atoms with Crippen molar-refractivity contribution >= 4 is 20.0 Å². The average Bonchev–Trinajstić information content (AvgIpc) is 2.87. The van der Waals surface area contributed by atoms with Gasteiger partial charge in [0.05, 0.1) is 15.8 Å². The second kappa shape index (κ2) is 10.5. The Kier molecular flexibility index (Phi) is 7.77. The summed E-state index contributed by atoms with van der Waals surface area (Å²) in [5.41, 5.74) is 1.11. The van der Waals surface area contributed by atoms with Gasteiger partial charge in [0.15, 0.2) is 0 Å². The largest absolute Gasteiger partial charge is 0.485 e. The first-order valence-corrected chi connectivity index (χ1v) is 15.1. The summed E-state index contributed by atoms with van der Waals surface area (Å²) in [7, 11) is -7.94. The average molecular weight is 545 g/mol. The summed E-state index contributed by atoms with van der Waals surface area (Å²) >= 11 is 0. The number of rotatable bonds is 9. The van der Waals surface area contributed by atoms with E-state index in [0.29, 0.717) is 12.2 Å². The monoisotopic (exact) mass is 544 g/mol. The molecule has 1 aliphatic rings. The van der Waals surface area contributed by atoms with E-state index in [1.807, 2.05) is 37.3 Å². The molecule has 2 atom stereocenters. The lowest BCUT2D eigenvalue weighted by atomic mass is 9.87. The Bertz CT molecular complexity index is 1450. The van der Waals surface area contributed by atoms with E-state index < -0.39 is 37.8 Å². The van der Waals surface area contributed by atoms with Gasteiger partial charge in [-0.25, -0.2) is 26.3 Å². The van der Waals surface area contributed by atoms with Gasteiger partial charge in [-0.1, -0.05) is 49.4 Å². The van der Waals surface area contributed by atoms with Crippen LogP contribution in [0.15, 0.2) is 82.6 Å². The van der Waals surface area contributed by atoms with Crippen molar-refractivity contribution in [2.75, 3.05) is 6.54 Å². The molecular formula is C27H32N2O6S2. The van der Waals surface area contributed by atoms with Crippen LogP contribution in [0.3, 0.4) is 0 Å². The summed E-state index contributed by atoms with van der Waals surface area (Å²) in [6, 6.07) is 19.1. The summed E-state index contributed by atoms with van der Waals surface area (Å²) in [6.45, 7) is 5.46. The number of benzene rings is 3. The maximum Gasteiger partial charge on any atom is 0.241 e. The molecule has 0 fully saturated rings. The van der Waals surface area contributed by atoms with E-state index in [4.69, 9.17) is 4.74 Å². The standard InChI is InChI=1S/C27H32N2O6S2/c1-4-19-10-12-21(13-11-19)37(33,34)29-25-23-18-22(14-15-24(23)35-27(2,3)26(25)30)36(31,32)28-17-16-20-8-6-5-7-9-20/h5-15,18,25-26,28-30H,4,16-17H2,1-3H3. The third-order valence-corrected chi connectivity index (χ3v) is 9.42. The van der Waals surface area contributed by atoms with E-state index in [1.54, 1.807) is 26.0 Å². The van der Waals surface area contributed by atoms with Gasteiger partial charge in [-0.05, 0) is 68.1 Å². The summed E-state index contributed by atoms with van der Waals surface area (Å²) < 4.78 is 63.6. The van der Waals surface area contributed by atoms with E-state index in [1.165, 1.54) is 30.3 Å². The first-order valence-electron chi connectivity index (χ1n) is 12.1. The van der Waals surface area contributed by atoms with Gasteiger partial charge in [0.1, 0.15) is 17.5 Å². The summed E-state index contributed by atoms with van der Waals surface area (Å²) in [6.07, 6.45) is -0.000983. The second-order valence-corrected chi connectivity index (χ2v) is 13.1. The number of aryl methyl sites for hydroxylation is 1. The predicted octanol–water partition coefficient (Wildman–Crippen LogP) is 3.32. The number of hydrogen-bond acceptors (Lipinski definition) is 6. The van der Waals surface area contributed by atoms with Crippen molar-refractivity contribution in [1.82, 2.24) is 9.44 Å². The molecule has 8 nitrogen and oxygen atoms in total. The van der Waals surface area contributed by atoms with E-state index in [2.05, 4.69) is 9.44 Å². The van der Waals surface area contributed by atoms with Crippen molar-refractivity contribution in [2.45, 2.75) is 61.2 Å². The lowest BCUT2D eigenvalue weighted by molar-refractivity contribution is -0.0604. The highest BCUT2D eigenvalue weighted by Crippen LogP contribution is 2.41. The molecule has 0 aromatic heterocycles. The Balaban J connectivity index is 1.63. The summed E-state index contributed by atoms with van der Waals surface area (Å²) in [4.78, 5) is 0.000386. The maximum atomic E-state index is 13.2. The van der Waals surface area contributed by atoms with Crippen molar-refractivity contribution in [1.29, 1.82) is 0 Å². The minimum atomic E-state index is -4.03. The van der Waals surface area contributed by atoms with Crippen LogP contribution < -0.4 is 14.2 Å². The number of fused-ring (bicyclic) bond motifs is 1. The highest BCUT2D eigenvalue weighted by molar-refractivity contribution is 7.89. The fourth-order valence-corrected chi connectivity index (χ4v) is 6.56. The second-order valence-electron chi connectivity index (χ2n) is 9.58. The quantitative estimate of drug-likeness (QED) is 0.380. The van der Waals surface area contributed by atoms with Gasteiger partial charge >= 0.3 is 0 Å². The van der Waals surface area contributed by atoms with E-state index in [-0.39, 0.29) is 21.9 Å². The molecule has 0 saturated carbocycles. The molecule has 0 bridgehead atoms. The lowest BCUT2D eigenvalue weighted by Gasteiger charge is -2.42. The molecule has 3 N–H and O–H groups in total. The number of hydrogen-bond donors (Lipinski definition) is 3. The van der Waals surface area contributed by atoms with Gasteiger partial charge in [-0.15, -0.1) is 0 Å². The zero-order valence-corrected chi connectivity index (χ0v) is 22.6. The van der Waals surface area contributed by atoms with Crippen molar-refractivity contribution in [3.63, 3.8) is 0 Å². The molecule has 4 rings (SSSR count). The molecule has 37 heavy (non-hydrogen) atoms. The fraction of sp³-hybridized carbons (Fsp3) is 0.333. The zero-order chi connectivity index (χ0) is 26.8. The molecule has 0 spiro atoms. The van der Waals surface area contributed by atoms with E-state index in [9.17, 15) is 21.9 Å². The molecule has 0 aliphatic carbocycles. The van der Waals surface area contributed by atoms with Crippen LogP contribution in [0.1, 0.15) is 43.5 Å². The highest BCUT2D eigenvalue weighted by Gasteiger charge is 2.45. The lowest BCUT2D eigenvalue weighted by Crippen LogP contribution is -2.53. The number of aliphatic hydroxyl groups is 1. The molecule has 10 heteroatoms. The highest BCUT2D eigenvalue weighted by atomic mass is 32.2. The van der Waals surface area contributed by atoms with Crippen molar-refractivity contribution < 1.29 is 26.7 Å². The smallest absolute Gasteiger partial charge is 0.241 e. The molecule has 3 aromatic rings. The number of aliphatic hydroxyl groups excluding tert-OH is 1. The Labute approximate surface area is 218 Å². The molecule has 0 radical (unpaired) electrons. The Morgan fingerprint density at radius 2 is 1.51 bits per heavy atom. The van der Waals surface area contributed by atoms with Crippen LogP contribution in [-0.4, -0.2) is 40.2 Å². The topological polar surface area (TPSA) is 122 Å². The first kappa shape index (κ1) is 27.3. The summed E-state index contributed by atoms with van der Waals surface area (Å²) in [5.74, 6) is 0.299. The van der Waals surface area contributed by atoms with Gasteiger partial charge in [-0.3, -0.25) is 0 Å². The van der Waals surface area contributed by atoms with Gasteiger partial charge in [0, 0.05) is 12.1 Å². The third-order valence-electron chi connectivity index (χ3n) is 6.50. The first-order chi connectivity index (χ1) is 17.4. The Morgan fingerprint density at radius 1 is 0.865 bits per heavy atom. The van der Waals surface area contributed by atoms with E-state index >= 15 is 0 Å². The predicted molar refractivity (Wildman–Crippen MR) is 141 cm³/mol. The van der Waals surface area contributed by atoms with Crippen LogP contribution in [0.4, 0.5) is 0 Å². The minimum Gasteiger partial charge on any atom is -0.485 e. The molecule has 1 heterocycles. The SMILES string of the molecule is CCc1ccc(S(=O)(=O)NC2c3cc(S(=O)(=O)NCCc4ccccc4)ccc3OC(C)(C)C2O)cc1. The van der Waals surface area contributed by atoms with Crippen LogP contribution in [0, 0.1) is 0 Å². The number of sulfonamides is 2. The van der Waals surface area contributed by atoms with Crippen LogP contribution >= 0.6 is 0 Å². The molecule has 198 valence electrons. The summed E-state index contributed by atoms with van der Waals surface area (Å²) in [5, 5.41) is 11.1. The third kappa shape index (κ3) is 6.05. The van der Waals surface area contributed by atoms with Crippen molar-refractivity contribution in [3.05, 3.63) is 89.5 Å². The molecule has 0 amide bonds.